The van der Waals surface area contributed by atoms with Crippen LogP contribution in [0.5, 0.6) is 0 Å². The molecule has 1 N–H and O–H groups in total. The van der Waals surface area contributed by atoms with Crippen LogP contribution in [0.4, 0.5) is 0 Å². The van der Waals surface area contributed by atoms with Crippen LogP contribution in [0.2, 0.25) is 0 Å². The molecule has 0 saturated carbocycles. The molecule has 0 bridgehead atoms. The van der Waals surface area contributed by atoms with Crippen LogP contribution >= 0.6 is 0 Å². The van der Waals surface area contributed by atoms with Gasteiger partial charge in [-0.3, -0.25) is 4.79 Å². The molecule has 1 saturated heterocycles. The molecule has 0 amide bonds. The third-order valence-electron chi connectivity index (χ3n) is 2.90. The van der Waals surface area contributed by atoms with Crippen molar-refractivity contribution in [1.29, 1.82) is 0 Å². The zero-order valence-electron chi connectivity index (χ0n) is 9.89. The Kier molecular flexibility index (Phi) is 4.12. The van der Waals surface area contributed by atoms with Gasteiger partial charge in [-0.05, 0) is 5.56 Å². The van der Waals surface area contributed by atoms with Crippen LogP contribution in [0.15, 0.2) is 30.3 Å². The lowest BCUT2D eigenvalue weighted by Crippen LogP contribution is -2.31. The fourth-order valence-corrected chi connectivity index (χ4v) is 1.94. The monoisotopic (exact) mass is 235 g/mol. The molecule has 17 heavy (non-hydrogen) atoms. The molecule has 1 aromatic carbocycles. The molecule has 0 radical (unpaired) electrons. The summed E-state index contributed by atoms with van der Waals surface area (Å²) in [5.74, 6) is -0.212. The molecular weight excluding hydrogens is 218 g/mol. The minimum absolute atomic E-state index is 0.0827. The summed E-state index contributed by atoms with van der Waals surface area (Å²) in [7, 11) is 1.40. The normalized spacial score (nSPS) is 23.6. The van der Waals surface area contributed by atoms with Gasteiger partial charge in [-0.25, -0.2) is 0 Å². The van der Waals surface area contributed by atoms with Crippen molar-refractivity contribution < 1.29 is 14.3 Å². The Morgan fingerprint density at radius 3 is 2.88 bits per heavy atom. The summed E-state index contributed by atoms with van der Waals surface area (Å²) in [5.41, 5.74) is 1.15. The zero-order chi connectivity index (χ0) is 12.1. The predicted octanol–water partition coefficient (Wildman–Crippen LogP) is 1.11. The fraction of sp³-hybridized carbons (Fsp3) is 0.462. The summed E-state index contributed by atoms with van der Waals surface area (Å²) >= 11 is 0. The van der Waals surface area contributed by atoms with Gasteiger partial charge >= 0.3 is 5.97 Å². The molecule has 1 heterocycles. The van der Waals surface area contributed by atoms with Gasteiger partial charge in [-0.2, -0.15) is 0 Å². The first-order valence-corrected chi connectivity index (χ1v) is 5.76. The summed E-state index contributed by atoms with van der Waals surface area (Å²) in [4.78, 5) is 11.3. The van der Waals surface area contributed by atoms with Crippen molar-refractivity contribution in [2.24, 2.45) is 0 Å². The highest BCUT2D eigenvalue weighted by Crippen LogP contribution is 2.13. The Bertz CT molecular complexity index is 366. The third-order valence-corrected chi connectivity index (χ3v) is 2.90. The number of benzene rings is 1. The molecule has 1 fully saturated rings. The second-order valence-corrected chi connectivity index (χ2v) is 4.14. The van der Waals surface area contributed by atoms with E-state index in [1.807, 2.05) is 30.3 Å². The molecule has 2 rings (SSSR count). The minimum Gasteiger partial charge on any atom is -0.468 e. The van der Waals surface area contributed by atoms with Gasteiger partial charge in [0.1, 0.15) is 6.04 Å². The van der Waals surface area contributed by atoms with Crippen LogP contribution in [0.3, 0.4) is 0 Å². The standard InChI is InChI=1S/C13H17NO3/c1-16-13(15)12-7-11(8-14-12)17-9-10-5-3-2-4-6-10/h2-6,11-12,14H,7-9H2,1H3. The summed E-state index contributed by atoms with van der Waals surface area (Å²) in [5, 5.41) is 3.09. The van der Waals surface area contributed by atoms with Crippen LogP contribution in [0.25, 0.3) is 0 Å². The van der Waals surface area contributed by atoms with Crippen molar-refractivity contribution in [3.8, 4) is 0 Å². The summed E-state index contributed by atoms with van der Waals surface area (Å²) < 4.78 is 10.4. The van der Waals surface area contributed by atoms with Crippen molar-refractivity contribution in [1.82, 2.24) is 5.32 Å². The minimum atomic E-state index is -0.222. The van der Waals surface area contributed by atoms with Gasteiger partial charge in [-0.1, -0.05) is 30.3 Å². The Hall–Kier alpha value is -1.39. The number of esters is 1. The van der Waals surface area contributed by atoms with E-state index in [4.69, 9.17) is 4.74 Å². The van der Waals surface area contributed by atoms with Gasteiger partial charge in [0.15, 0.2) is 0 Å². The van der Waals surface area contributed by atoms with Crippen molar-refractivity contribution in [2.75, 3.05) is 13.7 Å². The Morgan fingerprint density at radius 2 is 2.18 bits per heavy atom. The predicted molar refractivity (Wildman–Crippen MR) is 63.4 cm³/mol. The number of ether oxygens (including phenoxy) is 2. The molecule has 2 unspecified atom stereocenters. The summed E-state index contributed by atoms with van der Waals surface area (Å²) in [6.45, 7) is 1.29. The number of carbonyl (C=O) groups excluding carboxylic acids is 1. The highest BCUT2D eigenvalue weighted by atomic mass is 16.5. The van der Waals surface area contributed by atoms with Crippen LogP contribution in [-0.4, -0.2) is 31.8 Å². The maximum Gasteiger partial charge on any atom is 0.322 e. The van der Waals surface area contributed by atoms with E-state index < -0.39 is 0 Å². The molecule has 4 heteroatoms. The first-order chi connectivity index (χ1) is 8.29. The molecule has 0 aromatic heterocycles. The van der Waals surface area contributed by atoms with Crippen LogP contribution < -0.4 is 5.32 Å². The van der Waals surface area contributed by atoms with Gasteiger partial charge in [-0.15, -0.1) is 0 Å². The number of hydrogen-bond donors (Lipinski definition) is 1. The highest BCUT2D eigenvalue weighted by Gasteiger charge is 2.30. The second kappa shape index (κ2) is 5.80. The van der Waals surface area contributed by atoms with Gasteiger partial charge in [0.05, 0.1) is 19.8 Å². The maximum atomic E-state index is 11.3. The molecule has 92 valence electrons. The van der Waals surface area contributed by atoms with Crippen LogP contribution in [-0.2, 0) is 20.9 Å². The Balaban J connectivity index is 1.77. The van der Waals surface area contributed by atoms with E-state index in [2.05, 4.69) is 10.1 Å². The van der Waals surface area contributed by atoms with Crippen LogP contribution in [0.1, 0.15) is 12.0 Å². The van der Waals surface area contributed by atoms with Crippen molar-refractivity contribution in [3.63, 3.8) is 0 Å². The Labute approximate surface area is 101 Å². The molecule has 2 atom stereocenters. The number of carbonyl (C=O) groups is 1. The molecule has 4 nitrogen and oxygen atoms in total. The van der Waals surface area contributed by atoms with E-state index in [1.54, 1.807) is 0 Å². The highest BCUT2D eigenvalue weighted by molar-refractivity contribution is 5.76. The largest absolute Gasteiger partial charge is 0.468 e. The van der Waals surface area contributed by atoms with E-state index in [0.717, 1.165) is 5.56 Å². The van der Waals surface area contributed by atoms with E-state index in [0.29, 0.717) is 19.6 Å². The molecule has 1 aromatic rings. The average molecular weight is 235 g/mol. The first-order valence-electron chi connectivity index (χ1n) is 5.76. The maximum absolute atomic E-state index is 11.3. The smallest absolute Gasteiger partial charge is 0.322 e. The van der Waals surface area contributed by atoms with Crippen molar-refractivity contribution in [2.45, 2.75) is 25.2 Å². The second-order valence-electron chi connectivity index (χ2n) is 4.14. The Morgan fingerprint density at radius 1 is 1.41 bits per heavy atom. The van der Waals surface area contributed by atoms with E-state index in [1.165, 1.54) is 7.11 Å². The van der Waals surface area contributed by atoms with E-state index in [-0.39, 0.29) is 18.1 Å². The number of nitrogens with one attached hydrogen (secondary N) is 1. The quantitative estimate of drug-likeness (QED) is 0.794. The molecule has 1 aliphatic heterocycles. The molecule has 0 aliphatic carbocycles. The lowest BCUT2D eigenvalue weighted by molar-refractivity contribution is -0.142. The zero-order valence-corrected chi connectivity index (χ0v) is 9.89. The van der Waals surface area contributed by atoms with Gasteiger partial charge in [0.2, 0.25) is 0 Å². The average Bonchev–Trinajstić information content (AvgIpc) is 2.85. The molecule has 1 aliphatic rings. The first kappa shape index (κ1) is 12.1. The molecular formula is C13H17NO3. The lowest BCUT2D eigenvalue weighted by atomic mass is 10.2. The molecule has 0 spiro atoms. The van der Waals surface area contributed by atoms with Gasteiger partial charge in [0, 0.05) is 13.0 Å². The summed E-state index contributed by atoms with van der Waals surface area (Å²) in [6, 6.07) is 9.79. The fourth-order valence-electron chi connectivity index (χ4n) is 1.94. The lowest BCUT2D eigenvalue weighted by Gasteiger charge is -2.10. The van der Waals surface area contributed by atoms with E-state index >= 15 is 0 Å². The van der Waals surface area contributed by atoms with Gasteiger partial charge in [0.25, 0.3) is 0 Å². The topological polar surface area (TPSA) is 47.6 Å². The number of hydrogen-bond acceptors (Lipinski definition) is 4. The SMILES string of the molecule is COC(=O)C1CC(OCc2ccccc2)CN1. The number of methoxy groups -OCH3 is 1. The van der Waals surface area contributed by atoms with E-state index in [9.17, 15) is 4.79 Å². The number of rotatable bonds is 4. The van der Waals surface area contributed by atoms with Crippen LogP contribution in [0, 0.1) is 0 Å². The summed E-state index contributed by atoms with van der Waals surface area (Å²) in [6.07, 6.45) is 0.763. The van der Waals surface area contributed by atoms with Crippen molar-refractivity contribution in [3.05, 3.63) is 35.9 Å². The third kappa shape index (κ3) is 3.28. The van der Waals surface area contributed by atoms with Gasteiger partial charge < -0.3 is 14.8 Å². The van der Waals surface area contributed by atoms with Crippen molar-refractivity contribution >= 4 is 5.97 Å².